The number of hydrogen-bond acceptors (Lipinski definition) is 3. The fourth-order valence-electron chi connectivity index (χ4n) is 1.39. The molecule has 0 aliphatic carbocycles. The standard InChI is InChI=1S/C11H17FN2O/c1-3-15-7-11(14-13)9-6-8(2)4-5-10(9)12/h4-6,11,14H,3,7,13H2,1-2H3. The summed E-state index contributed by atoms with van der Waals surface area (Å²) < 4.78 is 18.7. The Morgan fingerprint density at radius 2 is 2.27 bits per heavy atom. The lowest BCUT2D eigenvalue weighted by molar-refractivity contribution is 0.122. The van der Waals surface area contributed by atoms with Crippen molar-refractivity contribution in [1.29, 1.82) is 0 Å². The number of ether oxygens (including phenoxy) is 1. The van der Waals surface area contributed by atoms with E-state index in [1.54, 1.807) is 12.1 Å². The third-order valence-electron chi connectivity index (χ3n) is 2.22. The Bertz CT molecular complexity index is 317. The SMILES string of the molecule is CCOCC(NN)c1cc(C)ccc1F. The van der Waals surface area contributed by atoms with Crippen LogP contribution in [-0.2, 0) is 4.74 Å². The van der Waals surface area contributed by atoms with E-state index in [0.717, 1.165) is 5.56 Å². The van der Waals surface area contributed by atoms with Gasteiger partial charge in [-0.25, -0.2) is 4.39 Å². The highest BCUT2D eigenvalue weighted by Crippen LogP contribution is 2.18. The van der Waals surface area contributed by atoms with Gasteiger partial charge < -0.3 is 4.74 Å². The van der Waals surface area contributed by atoms with E-state index in [2.05, 4.69) is 5.43 Å². The quantitative estimate of drug-likeness (QED) is 0.576. The second kappa shape index (κ2) is 5.80. The number of hydrogen-bond donors (Lipinski definition) is 2. The van der Waals surface area contributed by atoms with Crippen molar-refractivity contribution in [1.82, 2.24) is 5.43 Å². The summed E-state index contributed by atoms with van der Waals surface area (Å²) in [5, 5.41) is 0. The van der Waals surface area contributed by atoms with Crippen molar-refractivity contribution in [3.63, 3.8) is 0 Å². The van der Waals surface area contributed by atoms with Crippen molar-refractivity contribution >= 4 is 0 Å². The molecule has 1 unspecified atom stereocenters. The van der Waals surface area contributed by atoms with E-state index in [0.29, 0.717) is 18.8 Å². The van der Waals surface area contributed by atoms with Crippen molar-refractivity contribution in [2.75, 3.05) is 13.2 Å². The minimum absolute atomic E-state index is 0.261. The van der Waals surface area contributed by atoms with Crippen LogP contribution in [-0.4, -0.2) is 13.2 Å². The first-order valence-electron chi connectivity index (χ1n) is 4.99. The predicted octanol–water partition coefficient (Wildman–Crippen LogP) is 1.68. The molecule has 0 bridgehead atoms. The van der Waals surface area contributed by atoms with Crippen LogP contribution >= 0.6 is 0 Å². The Hall–Kier alpha value is -0.970. The zero-order chi connectivity index (χ0) is 11.3. The molecule has 1 rings (SSSR count). The summed E-state index contributed by atoms with van der Waals surface area (Å²) in [5.41, 5.74) is 4.11. The number of aryl methyl sites for hydroxylation is 1. The minimum atomic E-state index is -0.301. The highest BCUT2D eigenvalue weighted by Gasteiger charge is 2.14. The van der Waals surface area contributed by atoms with Gasteiger partial charge in [-0.1, -0.05) is 17.7 Å². The van der Waals surface area contributed by atoms with Crippen LogP contribution in [0.2, 0.25) is 0 Å². The van der Waals surface area contributed by atoms with Crippen LogP contribution in [0.25, 0.3) is 0 Å². The Labute approximate surface area is 89.4 Å². The number of nitrogens with two attached hydrogens (primary N) is 1. The second-order valence-corrected chi connectivity index (χ2v) is 3.40. The fourth-order valence-corrected chi connectivity index (χ4v) is 1.39. The van der Waals surface area contributed by atoms with Crippen molar-refractivity contribution in [3.8, 4) is 0 Å². The molecular weight excluding hydrogens is 195 g/mol. The Morgan fingerprint density at radius 1 is 1.53 bits per heavy atom. The summed E-state index contributed by atoms with van der Waals surface area (Å²) in [6.45, 7) is 4.76. The lowest BCUT2D eigenvalue weighted by Crippen LogP contribution is -2.32. The number of halogens is 1. The lowest BCUT2D eigenvalue weighted by atomic mass is 10.0. The van der Waals surface area contributed by atoms with Crippen LogP contribution in [0.5, 0.6) is 0 Å². The average molecular weight is 212 g/mol. The van der Waals surface area contributed by atoms with Crippen molar-refractivity contribution < 1.29 is 9.13 Å². The van der Waals surface area contributed by atoms with Crippen LogP contribution in [0.1, 0.15) is 24.1 Å². The minimum Gasteiger partial charge on any atom is -0.380 e. The van der Waals surface area contributed by atoms with Gasteiger partial charge in [0.25, 0.3) is 0 Å². The number of rotatable bonds is 5. The molecule has 0 aromatic heterocycles. The van der Waals surface area contributed by atoms with Crippen LogP contribution in [0.4, 0.5) is 4.39 Å². The Balaban J connectivity index is 2.85. The molecule has 3 N–H and O–H groups in total. The first-order valence-corrected chi connectivity index (χ1v) is 4.99. The van der Waals surface area contributed by atoms with E-state index in [9.17, 15) is 4.39 Å². The third-order valence-corrected chi connectivity index (χ3v) is 2.22. The highest BCUT2D eigenvalue weighted by molar-refractivity contribution is 5.26. The molecule has 0 aliphatic heterocycles. The van der Waals surface area contributed by atoms with Gasteiger partial charge in [0.15, 0.2) is 0 Å². The average Bonchev–Trinajstić information content (AvgIpc) is 2.24. The largest absolute Gasteiger partial charge is 0.380 e. The topological polar surface area (TPSA) is 47.3 Å². The monoisotopic (exact) mass is 212 g/mol. The van der Waals surface area contributed by atoms with Gasteiger partial charge in [-0.15, -0.1) is 0 Å². The van der Waals surface area contributed by atoms with Gasteiger partial charge in [0.1, 0.15) is 5.82 Å². The number of benzene rings is 1. The molecule has 0 saturated carbocycles. The zero-order valence-electron chi connectivity index (χ0n) is 9.09. The van der Waals surface area contributed by atoms with Crippen LogP contribution in [0.15, 0.2) is 18.2 Å². The first kappa shape index (κ1) is 12.1. The van der Waals surface area contributed by atoms with Crippen molar-refractivity contribution in [2.45, 2.75) is 19.9 Å². The van der Waals surface area contributed by atoms with Gasteiger partial charge in [-0.3, -0.25) is 11.3 Å². The van der Waals surface area contributed by atoms with Crippen LogP contribution in [0, 0.1) is 12.7 Å². The maximum absolute atomic E-state index is 13.5. The normalized spacial score (nSPS) is 12.8. The molecule has 0 spiro atoms. The van der Waals surface area contributed by atoms with E-state index in [1.807, 2.05) is 13.8 Å². The molecular formula is C11H17FN2O. The number of hydrazine groups is 1. The molecule has 15 heavy (non-hydrogen) atoms. The summed E-state index contributed by atoms with van der Waals surface area (Å²) in [6.07, 6.45) is 0. The summed E-state index contributed by atoms with van der Waals surface area (Å²) in [4.78, 5) is 0. The molecule has 0 radical (unpaired) electrons. The van der Waals surface area contributed by atoms with Crippen LogP contribution < -0.4 is 11.3 Å². The van der Waals surface area contributed by atoms with Gasteiger partial charge in [0.05, 0.1) is 12.6 Å². The van der Waals surface area contributed by atoms with E-state index < -0.39 is 0 Å². The second-order valence-electron chi connectivity index (χ2n) is 3.40. The smallest absolute Gasteiger partial charge is 0.128 e. The molecule has 1 aromatic carbocycles. The molecule has 3 nitrogen and oxygen atoms in total. The van der Waals surface area contributed by atoms with Crippen LogP contribution in [0.3, 0.4) is 0 Å². The summed E-state index contributed by atoms with van der Waals surface area (Å²) in [6, 6.07) is 4.65. The van der Waals surface area contributed by atoms with E-state index in [1.165, 1.54) is 6.07 Å². The third kappa shape index (κ3) is 3.27. The van der Waals surface area contributed by atoms with Gasteiger partial charge in [-0.2, -0.15) is 0 Å². The summed E-state index contributed by atoms with van der Waals surface area (Å²) in [7, 11) is 0. The van der Waals surface area contributed by atoms with E-state index in [-0.39, 0.29) is 11.9 Å². The van der Waals surface area contributed by atoms with Gasteiger partial charge >= 0.3 is 0 Å². The Kier molecular flexibility index (Phi) is 4.68. The van der Waals surface area contributed by atoms with E-state index >= 15 is 0 Å². The maximum atomic E-state index is 13.5. The first-order chi connectivity index (χ1) is 7.19. The highest BCUT2D eigenvalue weighted by atomic mass is 19.1. The van der Waals surface area contributed by atoms with Crippen molar-refractivity contribution in [3.05, 3.63) is 35.1 Å². The molecule has 4 heteroatoms. The fraction of sp³-hybridized carbons (Fsp3) is 0.455. The molecule has 0 saturated heterocycles. The molecule has 84 valence electrons. The molecule has 1 aromatic rings. The predicted molar refractivity (Wildman–Crippen MR) is 57.7 cm³/mol. The lowest BCUT2D eigenvalue weighted by Gasteiger charge is -2.17. The molecule has 0 fully saturated rings. The van der Waals surface area contributed by atoms with Gasteiger partial charge in [0, 0.05) is 12.2 Å². The molecule has 0 amide bonds. The maximum Gasteiger partial charge on any atom is 0.128 e. The zero-order valence-corrected chi connectivity index (χ0v) is 9.09. The molecule has 0 heterocycles. The van der Waals surface area contributed by atoms with Gasteiger partial charge in [0.2, 0.25) is 0 Å². The summed E-state index contributed by atoms with van der Waals surface area (Å²) >= 11 is 0. The molecule has 1 atom stereocenters. The van der Waals surface area contributed by atoms with E-state index in [4.69, 9.17) is 10.6 Å². The summed E-state index contributed by atoms with van der Waals surface area (Å²) in [5.74, 6) is 5.11. The van der Waals surface area contributed by atoms with Crippen molar-refractivity contribution in [2.24, 2.45) is 5.84 Å². The van der Waals surface area contributed by atoms with Gasteiger partial charge in [-0.05, 0) is 19.9 Å². The number of nitrogens with one attached hydrogen (secondary N) is 1. The molecule has 0 aliphatic rings. The Morgan fingerprint density at radius 3 is 2.87 bits per heavy atom.